The van der Waals surface area contributed by atoms with Crippen LogP contribution in [0.15, 0.2) is 6.20 Å². The van der Waals surface area contributed by atoms with Crippen molar-refractivity contribution in [3.63, 3.8) is 0 Å². The van der Waals surface area contributed by atoms with E-state index in [2.05, 4.69) is 27.5 Å². The van der Waals surface area contributed by atoms with Crippen LogP contribution in [-0.2, 0) is 9.53 Å². The van der Waals surface area contributed by atoms with Gasteiger partial charge >= 0.3 is 5.97 Å². The number of rotatable bonds is 8. The van der Waals surface area contributed by atoms with Gasteiger partial charge in [-0.15, -0.1) is 0 Å². The van der Waals surface area contributed by atoms with Gasteiger partial charge in [-0.2, -0.15) is 4.98 Å². The van der Waals surface area contributed by atoms with Crippen LogP contribution in [0.5, 0.6) is 0 Å². The lowest BCUT2D eigenvalue weighted by atomic mass is 10.0. The maximum atomic E-state index is 11.8. The normalized spacial score (nSPS) is 12.1. The fourth-order valence-corrected chi connectivity index (χ4v) is 1.93. The molecule has 2 N–H and O–H groups in total. The van der Waals surface area contributed by atoms with Crippen molar-refractivity contribution in [3.05, 3.63) is 11.2 Å². The smallest absolute Gasteiger partial charge is 0.328 e. The monoisotopic (exact) mass is 314 g/mol. The highest BCUT2D eigenvalue weighted by Gasteiger charge is 2.22. The van der Waals surface area contributed by atoms with E-state index in [-0.39, 0.29) is 5.97 Å². The van der Waals surface area contributed by atoms with Crippen molar-refractivity contribution in [1.29, 1.82) is 0 Å². The van der Waals surface area contributed by atoms with E-state index in [1.807, 2.05) is 13.8 Å². The van der Waals surface area contributed by atoms with Gasteiger partial charge in [-0.3, -0.25) is 0 Å². The molecule has 1 rings (SSSR count). The summed E-state index contributed by atoms with van der Waals surface area (Å²) in [4.78, 5) is 20.2. The molecule has 6 nitrogen and oxygen atoms in total. The first kappa shape index (κ1) is 17.5. The SMILES string of the molecule is CCCNc1ncc(Cl)c(NC(CC(C)C)C(=O)OC)n1. The van der Waals surface area contributed by atoms with Gasteiger partial charge in [0.15, 0.2) is 5.82 Å². The lowest BCUT2D eigenvalue weighted by Gasteiger charge is -2.19. The van der Waals surface area contributed by atoms with Crippen LogP contribution in [0.1, 0.15) is 33.6 Å². The van der Waals surface area contributed by atoms with Crippen LogP contribution in [0.3, 0.4) is 0 Å². The molecule has 1 aromatic heterocycles. The van der Waals surface area contributed by atoms with Crippen molar-refractivity contribution in [3.8, 4) is 0 Å². The molecule has 0 aliphatic carbocycles. The molecular weight excluding hydrogens is 292 g/mol. The third-order valence-electron chi connectivity index (χ3n) is 2.78. The number of ether oxygens (including phenoxy) is 1. The molecule has 0 fully saturated rings. The first-order valence-electron chi connectivity index (χ1n) is 7.08. The standard InChI is InChI=1S/C14H23ClN4O2/c1-5-6-16-14-17-8-10(15)12(19-14)18-11(7-9(2)3)13(20)21-4/h8-9,11H,5-7H2,1-4H3,(H2,16,17,18,19). The molecule has 1 aromatic rings. The summed E-state index contributed by atoms with van der Waals surface area (Å²) in [6, 6.07) is -0.485. The van der Waals surface area contributed by atoms with Crippen LogP contribution in [0.4, 0.5) is 11.8 Å². The Hall–Kier alpha value is -1.56. The maximum Gasteiger partial charge on any atom is 0.328 e. The van der Waals surface area contributed by atoms with Gasteiger partial charge < -0.3 is 15.4 Å². The topological polar surface area (TPSA) is 76.1 Å². The summed E-state index contributed by atoms with van der Waals surface area (Å²) in [5, 5.41) is 6.50. The predicted octanol–water partition coefficient (Wildman–Crippen LogP) is 2.95. The number of nitrogens with one attached hydrogen (secondary N) is 2. The number of carbonyl (C=O) groups excluding carboxylic acids is 1. The number of hydrogen-bond acceptors (Lipinski definition) is 6. The summed E-state index contributed by atoms with van der Waals surface area (Å²) in [6.45, 7) is 6.90. The number of carbonyl (C=O) groups is 1. The fraction of sp³-hybridized carbons (Fsp3) is 0.643. The molecule has 1 unspecified atom stereocenters. The molecule has 0 saturated heterocycles. The molecule has 1 heterocycles. The Morgan fingerprint density at radius 3 is 2.76 bits per heavy atom. The number of nitrogens with zero attached hydrogens (tertiary/aromatic N) is 2. The molecule has 1 atom stereocenters. The molecule has 0 amide bonds. The second kappa shape index (κ2) is 8.67. The summed E-state index contributed by atoms with van der Waals surface area (Å²) in [7, 11) is 1.37. The van der Waals surface area contributed by atoms with Crippen molar-refractivity contribution in [2.24, 2.45) is 5.92 Å². The fourth-order valence-electron chi connectivity index (χ4n) is 1.78. The molecule has 7 heteroatoms. The van der Waals surface area contributed by atoms with Gasteiger partial charge in [0, 0.05) is 6.54 Å². The van der Waals surface area contributed by atoms with E-state index in [9.17, 15) is 4.79 Å². The minimum Gasteiger partial charge on any atom is -0.467 e. The highest BCUT2D eigenvalue weighted by atomic mass is 35.5. The quantitative estimate of drug-likeness (QED) is 0.718. The van der Waals surface area contributed by atoms with Crippen LogP contribution in [0, 0.1) is 5.92 Å². The van der Waals surface area contributed by atoms with E-state index in [4.69, 9.17) is 16.3 Å². The van der Waals surface area contributed by atoms with Gasteiger partial charge in [0.05, 0.1) is 13.3 Å². The van der Waals surface area contributed by atoms with Crippen molar-refractivity contribution in [2.45, 2.75) is 39.7 Å². The number of anilines is 2. The Balaban J connectivity index is 2.88. The Morgan fingerprint density at radius 2 is 2.19 bits per heavy atom. The highest BCUT2D eigenvalue weighted by molar-refractivity contribution is 6.32. The number of esters is 1. The summed E-state index contributed by atoms with van der Waals surface area (Å²) in [5.74, 6) is 0.916. The summed E-state index contributed by atoms with van der Waals surface area (Å²) in [5.41, 5.74) is 0. The van der Waals surface area contributed by atoms with E-state index in [0.717, 1.165) is 13.0 Å². The molecule has 0 bridgehead atoms. The van der Waals surface area contributed by atoms with E-state index in [0.29, 0.717) is 29.1 Å². The van der Waals surface area contributed by atoms with Crippen LogP contribution in [0.25, 0.3) is 0 Å². The number of aromatic nitrogens is 2. The molecule has 0 aliphatic rings. The Labute approximate surface area is 130 Å². The van der Waals surface area contributed by atoms with E-state index in [1.54, 1.807) is 0 Å². The van der Waals surface area contributed by atoms with Gasteiger partial charge in [0.1, 0.15) is 11.1 Å². The first-order valence-corrected chi connectivity index (χ1v) is 7.46. The minimum absolute atomic E-state index is 0.332. The molecule has 0 radical (unpaired) electrons. The van der Waals surface area contributed by atoms with Crippen molar-refractivity contribution < 1.29 is 9.53 Å². The Kier molecular flexibility index (Phi) is 7.22. The zero-order valence-electron chi connectivity index (χ0n) is 12.9. The molecule has 0 saturated carbocycles. The molecular formula is C14H23ClN4O2. The highest BCUT2D eigenvalue weighted by Crippen LogP contribution is 2.22. The third-order valence-corrected chi connectivity index (χ3v) is 3.06. The Bertz CT molecular complexity index is 468. The van der Waals surface area contributed by atoms with Gasteiger partial charge in [-0.05, 0) is 18.8 Å². The van der Waals surface area contributed by atoms with Crippen molar-refractivity contribution in [2.75, 3.05) is 24.3 Å². The van der Waals surface area contributed by atoms with Crippen LogP contribution < -0.4 is 10.6 Å². The summed E-state index contributed by atoms with van der Waals surface area (Å²) < 4.78 is 4.82. The molecule has 0 spiro atoms. The van der Waals surface area contributed by atoms with Gasteiger partial charge in [0.25, 0.3) is 0 Å². The average molecular weight is 315 g/mol. The van der Waals surface area contributed by atoms with Gasteiger partial charge in [-0.1, -0.05) is 32.4 Å². The molecule has 0 aromatic carbocycles. The third kappa shape index (κ3) is 5.75. The maximum absolute atomic E-state index is 11.8. The summed E-state index contributed by atoms with van der Waals surface area (Å²) in [6.07, 6.45) is 3.11. The van der Waals surface area contributed by atoms with E-state index < -0.39 is 6.04 Å². The van der Waals surface area contributed by atoms with Gasteiger partial charge in [-0.25, -0.2) is 9.78 Å². The molecule has 0 aliphatic heterocycles. The van der Waals surface area contributed by atoms with Crippen LogP contribution >= 0.6 is 11.6 Å². The number of methoxy groups -OCH3 is 1. The van der Waals surface area contributed by atoms with Crippen LogP contribution in [0.2, 0.25) is 5.02 Å². The number of halogens is 1. The average Bonchev–Trinajstić information content (AvgIpc) is 2.45. The number of hydrogen-bond donors (Lipinski definition) is 2. The second-order valence-corrected chi connectivity index (χ2v) is 5.57. The zero-order chi connectivity index (χ0) is 15.8. The largest absolute Gasteiger partial charge is 0.467 e. The van der Waals surface area contributed by atoms with Crippen LogP contribution in [-0.4, -0.2) is 35.6 Å². The first-order chi connectivity index (χ1) is 9.97. The Morgan fingerprint density at radius 1 is 1.48 bits per heavy atom. The zero-order valence-corrected chi connectivity index (χ0v) is 13.7. The molecule has 21 heavy (non-hydrogen) atoms. The van der Waals surface area contributed by atoms with E-state index >= 15 is 0 Å². The minimum atomic E-state index is -0.485. The second-order valence-electron chi connectivity index (χ2n) is 5.17. The predicted molar refractivity (Wildman–Crippen MR) is 84.7 cm³/mol. The summed E-state index contributed by atoms with van der Waals surface area (Å²) >= 11 is 6.09. The lowest BCUT2D eigenvalue weighted by molar-refractivity contribution is -0.141. The van der Waals surface area contributed by atoms with E-state index in [1.165, 1.54) is 13.3 Å². The van der Waals surface area contributed by atoms with Gasteiger partial charge in [0.2, 0.25) is 5.95 Å². The molecule has 118 valence electrons. The lowest BCUT2D eigenvalue weighted by Crippen LogP contribution is -2.32. The van der Waals surface area contributed by atoms with Crippen molar-refractivity contribution in [1.82, 2.24) is 9.97 Å². The van der Waals surface area contributed by atoms with Crippen molar-refractivity contribution >= 4 is 29.3 Å².